The highest BCUT2D eigenvalue weighted by Crippen LogP contribution is 2.37. The van der Waals surface area contributed by atoms with E-state index in [4.69, 9.17) is 18.9 Å². The molecule has 114 valence electrons. The first-order valence-corrected chi connectivity index (χ1v) is 6.35. The lowest BCUT2D eigenvalue weighted by Gasteiger charge is -2.19. The monoisotopic (exact) mass is 285 g/mol. The van der Waals surface area contributed by atoms with E-state index in [0.29, 0.717) is 42.5 Å². The Morgan fingerprint density at radius 1 is 1.05 bits per heavy atom. The van der Waals surface area contributed by atoms with E-state index >= 15 is 0 Å². The second-order valence-corrected chi connectivity index (χ2v) is 4.16. The maximum Gasteiger partial charge on any atom is 0.132 e. The molecule has 0 aliphatic carbocycles. The highest BCUT2D eigenvalue weighted by molar-refractivity contribution is 5.52. The van der Waals surface area contributed by atoms with E-state index in [1.165, 1.54) is 0 Å². The molecule has 1 atom stereocenters. The van der Waals surface area contributed by atoms with E-state index < -0.39 is 6.10 Å². The molecule has 0 amide bonds. The number of rotatable bonds is 9. The van der Waals surface area contributed by atoms with E-state index in [0.717, 1.165) is 0 Å². The third-order valence-electron chi connectivity index (χ3n) is 2.91. The summed E-state index contributed by atoms with van der Waals surface area (Å²) in [6.45, 7) is 1.63. The molecule has 0 heterocycles. The topological polar surface area (TPSA) is 69.2 Å². The van der Waals surface area contributed by atoms with Crippen LogP contribution in [-0.4, -0.2) is 53.2 Å². The Morgan fingerprint density at radius 2 is 1.65 bits per heavy atom. The Bertz CT molecular complexity index is 386. The molecule has 1 aromatic carbocycles. The number of benzene rings is 1. The van der Waals surface area contributed by atoms with Crippen molar-refractivity contribution in [1.29, 1.82) is 0 Å². The summed E-state index contributed by atoms with van der Waals surface area (Å²) in [5, 5.41) is 13.4. The van der Waals surface area contributed by atoms with Gasteiger partial charge < -0.3 is 29.4 Å². The molecule has 2 N–H and O–H groups in total. The lowest BCUT2D eigenvalue weighted by molar-refractivity contribution is 0.155. The van der Waals surface area contributed by atoms with Crippen LogP contribution in [0.4, 0.5) is 0 Å². The van der Waals surface area contributed by atoms with Crippen LogP contribution in [0.2, 0.25) is 0 Å². The molecule has 0 saturated heterocycles. The van der Waals surface area contributed by atoms with Gasteiger partial charge in [0.05, 0.1) is 39.6 Å². The molecule has 0 radical (unpaired) electrons. The Labute approximate surface area is 119 Å². The van der Waals surface area contributed by atoms with Crippen LogP contribution in [0.1, 0.15) is 11.7 Å². The maximum atomic E-state index is 10.3. The SMILES string of the molecule is COCCNCC(O)c1c(OC)cc(OC)cc1OC. The lowest BCUT2D eigenvalue weighted by atomic mass is 10.1. The molecule has 0 aromatic heterocycles. The van der Waals surface area contributed by atoms with Gasteiger partial charge in [0.1, 0.15) is 17.2 Å². The van der Waals surface area contributed by atoms with Gasteiger partial charge in [0, 0.05) is 32.3 Å². The molecule has 0 fully saturated rings. The van der Waals surface area contributed by atoms with Crippen molar-refractivity contribution in [3.8, 4) is 17.2 Å². The van der Waals surface area contributed by atoms with Crippen molar-refractivity contribution < 1.29 is 24.1 Å². The van der Waals surface area contributed by atoms with Crippen LogP contribution in [0, 0.1) is 0 Å². The number of nitrogens with one attached hydrogen (secondary N) is 1. The third-order valence-corrected chi connectivity index (χ3v) is 2.91. The number of aliphatic hydroxyl groups excluding tert-OH is 1. The van der Waals surface area contributed by atoms with E-state index in [2.05, 4.69) is 5.32 Å². The zero-order valence-electron chi connectivity index (χ0n) is 12.4. The van der Waals surface area contributed by atoms with E-state index in [-0.39, 0.29) is 0 Å². The summed E-state index contributed by atoms with van der Waals surface area (Å²) in [5.74, 6) is 1.67. The van der Waals surface area contributed by atoms with Crippen LogP contribution in [0.25, 0.3) is 0 Å². The maximum absolute atomic E-state index is 10.3. The zero-order valence-corrected chi connectivity index (χ0v) is 12.4. The summed E-state index contributed by atoms with van der Waals surface area (Å²) in [7, 11) is 6.29. The van der Waals surface area contributed by atoms with Crippen LogP contribution in [0.15, 0.2) is 12.1 Å². The van der Waals surface area contributed by atoms with E-state index in [1.807, 2.05) is 0 Å². The molecule has 1 aromatic rings. The largest absolute Gasteiger partial charge is 0.496 e. The van der Waals surface area contributed by atoms with Crippen molar-refractivity contribution in [2.75, 3.05) is 48.1 Å². The molecule has 0 bridgehead atoms. The zero-order chi connectivity index (χ0) is 15.0. The summed E-state index contributed by atoms with van der Waals surface area (Å²) in [6, 6.07) is 3.44. The molecule has 0 spiro atoms. The van der Waals surface area contributed by atoms with Crippen molar-refractivity contribution in [1.82, 2.24) is 5.32 Å². The number of aliphatic hydroxyl groups is 1. The first-order chi connectivity index (χ1) is 9.67. The Morgan fingerprint density at radius 3 is 2.10 bits per heavy atom. The van der Waals surface area contributed by atoms with Gasteiger partial charge in [-0.1, -0.05) is 0 Å². The summed E-state index contributed by atoms with van der Waals surface area (Å²) in [4.78, 5) is 0. The number of hydrogen-bond donors (Lipinski definition) is 2. The summed E-state index contributed by atoms with van der Waals surface area (Å²) >= 11 is 0. The van der Waals surface area contributed by atoms with Crippen molar-refractivity contribution in [2.45, 2.75) is 6.10 Å². The van der Waals surface area contributed by atoms with Gasteiger partial charge in [-0.05, 0) is 0 Å². The minimum absolute atomic E-state index is 0.377. The van der Waals surface area contributed by atoms with Gasteiger partial charge in [0.2, 0.25) is 0 Å². The van der Waals surface area contributed by atoms with Crippen LogP contribution in [-0.2, 0) is 4.74 Å². The molecule has 6 heteroatoms. The molecule has 1 rings (SSSR count). The highest BCUT2D eigenvalue weighted by Gasteiger charge is 2.20. The Hall–Kier alpha value is -1.50. The molecular formula is C14H23NO5. The second-order valence-electron chi connectivity index (χ2n) is 4.16. The van der Waals surface area contributed by atoms with Crippen LogP contribution < -0.4 is 19.5 Å². The number of methoxy groups -OCH3 is 4. The van der Waals surface area contributed by atoms with Gasteiger partial charge in [-0.3, -0.25) is 0 Å². The minimum atomic E-state index is -0.748. The smallest absolute Gasteiger partial charge is 0.132 e. The molecule has 0 aliphatic rings. The van der Waals surface area contributed by atoms with Gasteiger partial charge in [-0.2, -0.15) is 0 Å². The third kappa shape index (κ3) is 4.26. The second kappa shape index (κ2) is 8.63. The summed E-state index contributed by atoms with van der Waals surface area (Å²) in [5.41, 5.74) is 0.598. The standard InChI is InChI=1S/C14H23NO5/c1-17-6-5-15-9-11(16)14-12(19-3)7-10(18-2)8-13(14)20-4/h7-8,11,15-16H,5-6,9H2,1-4H3. The quantitative estimate of drug-likeness (QED) is 0.659. The molecule has 20 heavy (non-hydrogen) atoms. The van der Waals surface area contributed by atoms with Gasteiger partial charge in [0.25, 0.3) is 0 Å². The Kier molecular flexibility index (Phi) is 7.14. The van der Waals surface area contributed by atoms with E-state index in [1.54, 1.807) is 40.6 Å². The Balaban J connectivity index is 2.90. The first-order valence-electron chi connectivity index (χ1n) is 6.35. The summed E-state index contributed by atoms with van der Waals surface area (Å²) < 4.78 is 20.7. The molecule has 1 unspecified atom stereocenters. The molecular weight excluding hydrogens is 262 g/mol. The van der Waals surface area contributed by atoms with Crippen LogP contribution in [0.3, 0.4) is 0 Å². The van der Waals surface area contributed by atoms with Gasteiger partial charge in [-0.25, -0.2) is 0 Å². The van der Waals surface area contributed by atoms with Crippen LogP contribution in [0.5, 0.6) is 17.2 Å². The number of hydrogen-bond acceptors (Lipinski definition) is 6. The average Bonchev–Trinajstić information content (AvgIpc) is 2.49. The van der Waals surface area contributed by atoms with Crippen molar-refractivity contribution >= 4 is 0 Å². The molecule has 0 saturated carbocycles. The predicted molar refractivity (Wildman–Crippen MR) is 75.8 cm³/mol. The van der Waals surface area contributed by atoms with Gasteiger partial charge in [-0.15, -0.1) is 0 Å². The fourth-order valence-electron chi connectivity index (χ4n) is 1.88. The van der Waals surface area contributed by atoms with Gasteiger partial charge >= 0.3 is 0 Å². The number of ether oxygens (including phenoxy) is 4. The highest BCUT2D eigenvalue weighted by atomic mass is 16.5. The van der Waals surface area contributed by atoms with Crippen molar-refractivity contribution in [3.63, 3.8) is 0 Å². The fraction of sp³-hybridized carbons (Fsp3) is 0.571. The van der Waals surface area contributed by atoms with Crippen molar-refractivity contribution in [3.05, 3.63) is 17.7 Å². The van der Waals surface area contributed by atoms with E-state index in [9.17, 15) is 5.11 Å². The molecule has 6 nitrogen and oxygen atoms in total. The minimum Gasteiger partial charge on any atom is -0.496 e. The lowest BCUT2D eigenvalue weighted by Crippen LogP contribution is -2.25. The predicted octanol–water partition coefficient (Wildman–Crippen LogP) is 0.982. The normalized spacial score (nSPS) is 12.1. The molecule has 0 aliphatic heterocycles. The fourth-order valence-corrected chi connectivity index (χ4v) is 1.88. The van der Waals surface area contributed by atoms with Crippen LogP contribution >= 0.6 is 0 Å². The first kappa shape index (κ1) is 16.6. The van der Waals surface area contributed by atoms with Gasteiger partial charge in [0.15, 0.2) is 0 Å². The summed E-state index contributed by atoms with van der Waals surface area (Å²) in [6.07, 6.45) is -0.748. The average molecular weight is 285 g/mol. The van der Waals surface area contributed by atoms with Crippen molar-refractivity contribution in [2.24, 2.45) is 0 Å².